The highest BCUT2D eigenvalue weighted by Crippen LogP contribution is 2.55. The summed E-state index contributed by atoms with van der Waals surface area (Å²) in [5.74, 6) is 0.547. The van der Waals surface area contributed by atoms with Crippen molar-refractivity contribution in [2.45, 2.75) is 83.5 Å². The highest BCUT2D eigenvalue weighted by molar-refractivity contribution is 5.11. The van der Waals surface area contributed by atoms with Gasteiger partial charge in [-0.05, 0) is 87.2 Å². The largest absolute Gasteiger partial charge is 0.390 e. The van der Waals surface area contributed by atoms with Gasteiger partial charge >= 0.3 is 0 Å². The van der Waals surface area contributed by atoms with E-state index in [1.165, 1.54) is 0 Å². The Morgan fingerprint density at radius 3 is 2.17 bits per heavy atom. The third kappa shape index (κ3) is 4.07. The third-order valence-electron chi connectivity index (χ3n) is 6.43. The zero-order valence-electron chi connectivity index (χ0n) is 15.0. The van der Waals surface area contributed by atoms with Crippen molar-refractivity contribution in [2.24, 2.45) is 17.3 Å². The quantitative estimate of drug-likeness (QED) is 0.647. The standard InChI is InChI=1S/C20H34O3/c1-13-6-8-16-15(19(3,4)23)10-11-20(16,5)12-18(22)14(2)7-9-17(13)21/h15-18,21-23H,1-2,6-12H2,3-5H3/t15-,16-,17+,18+,20-/m0/s1. The number of hydrogen-bond acceptors (Lipinski definition) is 3. The van der Waals surface area contributed by atoms with Gasteiger partial charge in [0.1, 0.15) is 0 Å². The Hall–Kier alpha value is -0.640. The van der Waals surface area contributed by atoms with Gasteiger partial charge in [0.2, 0.25) is 0 Å². The fraction of sp³-hybridized carbons (Fsp3) is 0.800. The lowest BCUT2D eigenvalue weighted by molar-refractivity contribution is -0.0227. The van der Waals surface area contributed by atoms with Crippen molar-refractivity contribution in [3.05, 3.63) is 24.3 Å². The topological polar surface area (TPSA) is 60.7 Å². The predicted molar refractivity (Wildman–Crippen MR) is 94.0 cm³/mol. The molecule has 0 heterocycles. The lowest BCUT2D eigenvalue weighted by atomic mass is 9.67. The monoisotopic (exact) mass is 322 g/mol. The fourth-order valence-electron chi connectivity index (χ4n) is 4.79. The molecule has 0 aromatic rings. The maximum Gasteiger partial charge on any atom is 0.0752 e. The van der Waals surface area contributed by atoms with Crippen molar-refractivity contribution in [2.75, 3.05) is 0 Å². The molecule has 132 valence electrons. The SMILES string of the molecule is C=C1CC[C@H]2[C@@H](C(C)(C)O)CC[C@@]2(C)C[C@@H](O)C(=C)CC[C@H]1O. The van der Waals surface area contributed by atoms with Crippen LogP contribution in [0.1, 0.15) is 65.7 Å². The van der Waals surface area contributed by atoms with Gasteiger partial charge in [0, 0.05) is 0 Å². The van der Waals surface area contributed by atoms with Crippen LogP contribution in [-0.4, -0.2) is 33.1 Å². The van der Waals surface area contributed by atoms with E-state index < -0.39 is 17.8 Å². The fourth-order valence-corrected chi connectivity index (χ4v) is 4.79. The van der Waals surface area contributed by atoms with Crippen molar-refractivity contribution in [3.8, 4) is 0 Å². The van der Waals surface area contributed by atoms with Gasteiger partial charge in [-0.2, -0.15) is 0 Å². The van der Waals surface area contributed by atoms with Gasteiger partial charge in [-0.25, -0.2) is 0 Å². The minimum absolute atomic E-state index is 0.00258. The predicted octanol–water partition coefficient (Wildman–Crippen LogP) is 3.59. The molecule has 0 spiro atoms. The first-order valence-electron chi connectivity index (χ1n) is 8.98. The van der Waals surface area contributed by atoms with Crippen LogP contribution in [0.2, 0.25) is 0 Å². The minimum atomic E-state index is -0.718. The first kappa shape index (κ1) is 18.7. The van der Waals surface area contributed by atoms with E-state index in [-0.39, 0.29) is 11.3 Å². The first-order valence-corrected chi connectivity index (χ1v) is 8.98. The molecule has 2 fully saturated rings. The van der Waals surface area contributed by atoms with E-state index >= 15 is 0 Å². The summed E-state index contributed by atoms with van der Waals surface area (Å²) in [4.78, 5) is 0. The summed E-state index contributed by atoms with van der Waals surface area (Å²) < 4.78 is 0. The van der Waals surface area contributed by atoms with E-state index in [0.717, 1.165) is 36.8 Å². The van der Waals surface area contributed by atoms with Gasteiger partial charge < -0.3 is 15.3 Å². The number of aliphatic hydroxyl groups excluding tert-OH is 2. The number of hydrogen-bond donors (Lipinski definition) is 3. The third-order valence-corrected chi connectivity index (χ3v) is 6.43. The molecule has 0 bridgehead atoms. The van der Waals surface area contributed by atoms with Crippen LogP contribution in [0.15, 0.2) is 24.3 Å². The van der Waals surface area contributed by atoms with E-state index in [0.29, 0.717) is 25.2 Å². The first-order chi connectivity index (χ1) is 10.5. The van der Waals surface area contributed by atoms with Crippen molar-refractivity contribution in [1.29, 1.82) is 0 Å². The second-order valence-corrected chi connectivity index (χ2v) is 8.69. The molecule has 3 heteroatoms. The second-order valence-electron chi connectivity index (χ2n) is 8.69. The van der Waals surface area contributed by atoms with Gasteiger partial charge in [0.05, 0.1) is 17.8 Å². The van der Waals surface area contributed by atoms with Crippen LogP contribution in [0.5, 0.6) is 0 Å². The Bertz CT molecular complexity index is 462. The molecule has 2 saturated carbocycles. The summed E-state index contributed by atoms with van der Waals surface area (Å²) in [6.07, 6.45) is 4.58. The zero-order valence-corrected chi connectivity index (χ0v) is 15.0. The molecule has 0 saturated heterocycles. The van der Waals surface area contributed by atoms with Crippen molar-refractivity contribution in [3.63, 3.8) is 0 Å². The molecule has 0 unspecified atom stereocenters. The van der Waals surface area contributed by atoms with E-state index in [1.807, 2.05) is 13.8 Å². The molecule has 2 aliphatic carbocycles. The summed E-state index contributed by atoms with van der Waals surface area (Å²) in [7, 11) is 0. The van der Waals surface area contributed by atoms with Crippen LogP contribution < -0.4 is 0 Å². The smallest absolute Gasteiger partial charge is 0.0752 e. The Morgan fingerprint density at radius 1 is 1.00 bits per heavy atom. The average Bonchev–Trinajstić information content (AvgIpc) is 2.77. The summed E-state index contributed by atoms with van der Waals surface area (Å²) >= 11 is 0. The molecule has 0 aromatic heterocycles. The Kier molecular flexibility index (Phi) is 5.44. The van der Waals surface area contributed by atoms with Gasteiger partial charge in [-0.1, -0.05) is 20.1 Å². The lowest BCUT2D eigenvalue weighted by Gasteiger charge is -2.40. The molecule has 5 atom stereocenters. The van der Waals surface area contributed by atoms with Crippen molar-refractivity contribution >= 4 is 0 Å². The van der Waals surface area contributed by atoms with Crippen LogP contribution in [0.4, 0.5) is 0 Å². The zero-order chi connectivity index (χ0) is 17.4. The van der Waals surface area contributed by atoms with Crippen LogP contribution in [0.25, 0.3) is 0 Å². The van der Waals surface area contributed by atoms with Crippen LogP contribution in [0, 0.1) is 17.3 Å². The van der Waals surface area contributed by atoms with E-state index in [9.17, 15) is 15.3 Å². The molecule has 2 rings (SSSR count). The second kappa shape index (κ2) is 6.70. The lowest BCUT2D eigenvalue weighted by Crippen LogP contribution is -2.38. The van der Waals surface area contributed by atoms with Gasteiger partial charge in [-0.3, -0.25) is 0 Å². The Balaban J connectivity index is 2.30. The highest BCUT2D eigenvalue weighted by atomic mass is 16.3. The molecule has 0 amide bonds. The van der Waals surface area contributed by atoms with Crippen LogP contribution >= 0.6 is 0 Å². The summed E-state index contributed by atoms with van der Waals surface area (Å²) in [5.41, 5.74) is 0.969. The molecule has 3 N–H and O–H groups in total. The Labute approximate surface area is 141 Å². The summed E-state index contributed by atoms with van der Waals surface area (Å²) in [5, 5.41) is 31.4. The van der Waals surface area contributed by atoms with E-state index in [2.05, 4.69) is 20.1 Å². The maximum absolute atomic E-state index is 10.6. The normalized spacial score (nSPS) is 40.6. The summed E-state index contributed by atoms with van der Waals surface area (Å²) in [6.45, 7) is 14.1. The molecule has 23 heavy (non-hydrogen) atoms. The summed E-state index contributed by atoms with van der Waals surface area (Å²) in [6, 6.07) is 0. The average molecular weight is 322 g/mol. The van der Waals surface area contributed by atoms with Crippen LogP contribution in [0.3, 0.4) is 0 Å². The van der Waals surface area contributed by atoms with Crippen LogP contribution in [-0.2, 0) is 0 Å². The molecule has 2 aliphatic rings. The molecule has 3 nitrogen and oxygen atoms in total. The molecule has 0 aliphatic heterocycles. The van der Waals surface area contributed by atoms with Gasteiger partial charge in [0.15, 0.2) is 0 Å². The van der Waals surface area contributed by atoms with Crippen molar-refractivity contribution in [1.82, 2.24) is 0 Å². The van der Waals surface area contributed by atoms with Gasteiger partial charge in [0.25, 0.3) is 0 Å². The molecular formula is C20H34O3. The Morgan fingerprint density at radius 2 is 1.57 bits per heavy atom. The molecular weight excluding hydrogens is 288 g/mol. The van der Waals surface area contributed by atoms with E-state index in [1.54, 1.807) is 0 Å². The maximum atomic E-state index is 10.6. The highest BCUT2D eigenvalue weighted by Gasteiger charge is 2.50. The number of fused-ring (bicyclic) bond motifs is 1. The minimum Gasteiger partial charge on any atom is -0.390 e. The molecule has 0 radical (unpaired) electrons. The number of rotatable bonds is 1. The molecule has 0 aromatic carbocycles. The van der Waals surface area contributed by atoms with E-state index in [4.69, 9.17) is 0 Å². The van der Waals surface area contributed by atoms with Gasteiger partial charge in [-0.15, -0.1) is 0 Å². The number of aliphatic hydroxyl groups is 3. The van der Waals surface area contributed by atoms with Crippen molar-refractivity contribution < 1.29 is 15.3 Å².